The number of hydrazone groups is 1. The maximum Gasteiger partial charge on any atom is 0.316 e. The monoisotopic (exact) mass is 260 g/mol. The second kappa shape index (κ2) is 5.87. The Hall–Kier alpha value is -1.84. The SMILES string of the molecule is CCOC(=O)C1CN(C)N=C1C(C)c1ccccc1. The van der Waals surface area contributed by atoms with E-state index >= 15 is 0 Å². The van der Waals surface area contributed by atoms with Gasteiger partial charge in [0, 0.05) is 13.0 Å². The Balaban J connectivity index is 2.21. The summed E-state index contributed by atoms with van der Waals surface area (Å²) in [5, 5.41) is 6.31. The summed E-state index contributed by atoms with van der Waals surface area (Å²) in [6, 6.07) is 10.1. The third-order valence-corrected chi connectivity index (χ3v) is 3.40. The van der Waals surface area contributed by atoms with Gasteiger partial charge >= 0.3 is 5.97 Å². The normalized spacial score (nSPS) is 20.1. The van der Waals surface area contributed by atoms with E-state index in [4.69, 9.17) is 4.74 Å². The second-order valence-electron chi connectivity index (χ2n) is 4.80. The zero-order chi connectivity index (χ0) is 13.8. The lowest BCUT2D eigenvalue weighted by atomic mass is 9.88. The van der Waals surface area contributed by atoms with Crippen molar-refractivity contribution in [2.75, 3.05) is 20.2 Å². The van der Waals surface area contributed by atoms with E-state index in [-0.39, 0.29) is 17.8 Å². The van der Waals surface area contributed by atoms with Gasteiger partial charge in [-0.15, -0.1) is 0 Å². The van der Waals surface area contributed by atoms with Crippen molar-refractivity contribution in [1.29, 1.82) is 0 Å². The summed E-state index contributed by atoms with van der Waals surface area (Å²) in [6.45, 7) is 4.92. The molecule has 1 heterocycles. The van der Waals surface area contributed by atoms with Gasteiger partial charge in [0.1, 0.15) is 5.92 Å². The Morgan fingerprint density at radius 3 is 2.79 bits per heavy atom. The molecule has 102 valence electrons. The van der Waals surface area contributed by atoms with Gasteiger partial charge in [-0.25, -0.2) is 0 Å². The largest absolute Gasteiger partial charge is 0.465 e. The first kappa shape index (κ1) is 13.6. The smallest absolute Gasteiger partial charge is 0.316 e. The minimum atomic E-state index is -0.250. The zero-order valence-corrected chi connectivity index (χ0v) is 11.7. The predicted molar refractivity (Wildman–Crippen MR) is 75.0 cm³/mol. The van der Waals surface area contributed by atoms with E-state index in [1.54, 1.807) is 0 Å². The van der Waals surface area contributed by atoms with E-state index in [1.807, 2.05) is 37.2 Å². The fourth-order valence-electron chi connectivity index (χ4n) is 2.40. The number of nitrogens with zero attached hydrogens (tertiary/aromatic N) is 2. The Morgan fingerprint density at radius 2 is 2.16 bits per heavy atom. The molecule has 0 saturated heterocycles. The number of benzene rings is 1. The standard InChI is InChI=1S/C15H20N2O2/c1-4-19-15(18)13-10-17(3)16-14(13)11(2)12-8-6-5-7-9-12/h5-9,11,13H,4,10H2,1-3H3. The Kier molecular flexibility index (Phi) is 4.20. The van der Waals surface area contributed by atoms with Crippen LogP contribution in [0.5, 0.6) is 0 Å². The van der Waals surface area contributed by atoms with Crippen LogP contribution in [0.15, 0.2) is 35.4 Å². The minimum Gasteiger partial charge on any atom is -0.465 e. The average Bonchev–Trinajstić information content (AvgIpc) is 2.81. The summed E-state index contributed by atoms with van der Waals surface area (Å²) in [6.07, 6.45) is 0. The van der Waals surface area contributed by atoms with Crippen LogP contribution in [-0.2, 0) is 9.53 Å². The van der Waals surface area contributed by atoms with Crippen LogP contribution < -0.4 is 0 Å². The molecule has 0 aliphatic carbocycles. The summed E-state index contributed by atoms with van der Waals surface area (Å²) in [5.74, 6) is -0.297. The second-order valence-corrected chi connectivity index (χ2v) is 4.80. The van der Waals surface area contributed by atoms with Crippen LogP contribution in [0.2, 0.25) is 0 Å². The van der Waals surface area contributed by atoms with E-state index in [2.05, 4.69) is 24.2 Å². The molecule has 1 aromatic rings. The first-order valence-corrected chi connectivity index (χ1v) is 6.64. The van der Waals surface area contributed by atoms with Crippen molar-refractivity contribution in [3.05, 3.63) is 35.9 Å². The van der Waals surface area contributed by atoms with Crippen LogP contribution >= 0.6 is 0 Å². The molecule has 0 bridgehead atoms. The first-order chi connectivity index (χ1) is 9.13. The van der Waals surface area contributed by atoms with Gasteiger partial charge in [0.2, 0.25) is 0 Å². The highest BCUT2D eigenvalue weighted by Crippen LogP contribution is 2.26. The summed E-state index contributed by atoms with van der Waals surface area (Å²) in [7, 11) is 1.89. The third-order valence-electron chi connectivity index (χ3n) is 3.40. The van der Waals surface area contributed by atoms with Crippen molar-refractivity contribution in [3.8, 4) is 0 Å². The molecule has 4 nitrogen and oxygen atoms in total. The maximum absolute atomic E-state index is 12.0. The Labute approximate surface area is 114 Å². The third kappa shape index (κ3) is 2.95. The molecule has 0 fully saturated rings. The van der Waals surface area contributed by atoms with E-state index in [0.29, 0.717) is 13.2 Å². The number of carbonyl (C=O) groups excluding carboxylic acids is 1. The van der Waals surface area contributed by atoms with Gasteiger partial charge < -0.3 is 4.74 Å². The Morgan fingerprint density at radius 1 is 1.47 bits per heavy atom. The van der Waals surface area contributed by atoms with Crippen LogP contribution in [0.3, 0.4) is 0 Å². The highest BCUT2D eigenvalue weighted by atomic mass is 16.5. The topological polar surface area (TPSA) is 41.9 Å². The van der Waals surface area contributed by atoms with Gasteiger partial charge in [0.25, 0.3) is 0 Å². The van der Waals surface area contributed by atoms with Crippen LogP contribution in [-0.4, -0.2) is 36.9 Å². The zero-order valence-electron chi connectivity index (χ0n) is 11.7. The summed E-state index contributed by atoms with van der Waals surface area (Å²) >= 11 is 0. The molecular formula is C15H20N2O2. The highest BCUT2D eigenvalue weighted by Gasteiger charge is 2.35. The molecule has 2 rings (SSSR count). The van der Waals surface area contributed by atoms with Gasteiger partial charge in [-0.2, -0.15) is 5.10 Å². The number of carbonyl (C=O) groups is 1. The molecule has 19 heavy (non-hydrogen) atoms. The molecule has 0 amide bonds. The van der Waals surface area contributed by atoms with Crippen LogP contribution in [0.25, 0.3) is 0 Å². The number of hydrogen-bond donors (Lipinski definition) is 0. The predicted octanol–water partition coefficient (Wildman–Crippen LogP) is 2.27. The molecule has 1 aliphatic rings. The molecule has 4 heteroatoms. The number of rotatable bonds is 4. The van der Waals surface area contributed by atoms with Crippen molar-refractivity contribution >= 4 is 11.7 Å². The van der Waals surface area contributed by atoms with Crippen molar-refractivity contribution < 1.29 is 9.53 Å². The van der Waals surface area contributed by atoms with Crippen molar-refractivity contribution in [1.82, 2.24) is 5.01 Å². The summed E-state index contributed by atoms with van der Waals surface area (Å²) < 4.78 is 5.14. The minimum absolute atomic E-state index is 0.126. The quantitative estimate of drug-likeness (QED) is 0.780. The van der Waals surface area contributed by atoms with Gasteiger partial charge in [-0.1, -0.05) is 37.3 Å². The maximum atomic E-state index is 12.0. The molecule has 0 spiro atoms. The molecule has 1 aliphatic heterocycles. The molecule has 0 aromatic heterocycles. The van der Waals surface area contributed by atoms with Crippen molar-refractivity contribution in [2.24, 2.45) is 11.0 Å². The van der Waals surface area contributed by atoms with Crippen LogP contribution in [0, 0.1) is 5.92 Å². The van der Waals surface area contributed by atoms with Crippen molar-refractivity contribution in [2.45, 2.75) is 19.8 Å². The number of esters is 1. The summed E-state index contributed by atoms with van der Waals surface area (Å²) in [5.41, 5.74) is 2.07. The van der Waals surface area contributed by atoms with Gasteiger partial charge in [0.05, 0.1) is 18.9 Å². The van der Waals surface area contributed by atoms with E-state index in [9.17, 15) is 4.79 Å². The fraction of sp³-hybridized carbons (Fsp3) is 0.467. The molecular weight excluding hydrogens is 240 g/mol. The van der Waals surface area contributed by atoms with Gasteiger partial charge in [0.15, 0.2) is 0 Å². The molecule has 2 atom stereocenters. The lowest BCUT2D eigenvalue weighted by Gasteiger charge is -2.16. The van der Waals surface area contributed by atoms with E-state index < -0.39 is 0 Å². The van der Waals surface area contributed by atoms with Crippen LogP contribution in [0.1, 0.15) is 25.3 Å². The lowest BCUT2D eigenvalue weighted by Crippen LogP contribution is -2.30. The molecule has 2 unspecified atom stereocenters. The van der Waals surface area contributed by atoms with Crippen molar-refractivity contribution in [3.63, 3.8) is 0 Å². The molecule has 0 N–H and O–H groups in total. The highest BCUT2D eigenvalue weighted by molar-refractivity contribution is 6.06. The number of hydrogen-bond acceptors (Lipinski definition) is 4. The fourth-order valence-corrected chi connectivity index (χ4v) is 2.40. The lowest BCUT2D eigenvalue weighted by molar-refractivity contribution is -0.145. The molecule has 0 saturated carbocycles. The number of ether oxygens (including phenoxy) is 1. The molecule has 1 aromatic carbocycles. The van der Waals surface area contributed by atoms with Gasteiger partial charge in [-0.05, 0) is 12.5 Å². The van der Waals surface area contributed by atoms with Gasteiger partial charge in [-0.3, -0.25) is 9.80 Å². The van der Waals surface area contributed by atoms with E-state index in [0.717, 1.165) is 5.71 Å². The first-order valence-electron chi connectivity index (χ1n) is 6.64. The molecule has 0 radical (unpaired) electrons. The average molecular weight is 260 g/mol. The summed E-state index contributed by atoms with van der Waals surface area (Å²) in [4.78, 5) is 12.0. The van der Waals surface area contributed by atoms with E-state index in [1.165, 1.54) is 5.56 Å². The van der Waals surface area contributed by atoms with Crippen LogP contribution in [0.4, 0.5) is 0 Å². The Bertz CT molecular complexity index is 470.